The van der Waals surface area contributed by atoms with Gasteiger partial charge in [-0.1, -0.05) is 12.1 Å². The van der Waals surface area contributed by atoms with Crippen molar-refractivity contribution in [1.82, 2.24) is 9.80 Å². The quantitative estimate of drug-likeness (QED) is 0.365. The van der Waals surface area contributed by atoms with Crippen LogP contribution < -0.4 is 10.5 Å². The number of likely N-dealkylation sites (N-methyl/N-ethyl adjacent to an activating group) is 1. The molecule has 1 aliphatic rings. The van der Waals surface area contributed by atoms with Gasteiger partial charge in [-0.3, -0.25) is 19.4 Å². The molecule has 1 saturated heterocycles. The molecule has 7 heteroatoms. The van der Waals surface area contributed by atoms with E-state index in [1.54, 1.807) is 24.3 Å². The summed E-state index contributed by atoms with van der Waals surface area (Å²) in [4.78, 5) is 36.1. The largest absolute Gasteiger partial charge is 0.491 e. The molecule has 20 heavy (non-hydrogen) atoms. The smallest absolute Gasteiger partial charge is 0.333 e. The molecule has 0 aliphatic carbocycles. The van der Waals surface area contributed by atoms with Crippen molar-refractivity contribution in [2.24, 2.45) is 0 Å². The lowest BCUT2D eigenvalue weighted by Gasteiger charge is -2.13. The van der Waals surface area contributed by atoms with Gasteiger partial charge in [-0.05, 0) is 18.6 Å². The first-order valence-corrected chi connectivity index (χ1v) is 6.13. The second-order valence-corrected chi connectivity index (χ2v) is 4.34. The van der Waals surface area contributed by atoms with Crippen molar-refractivity contribution in [3.8, 4) is 5.75 Å². The average molecular weight is 277 g/mol. The van der Waals surface area contributed by atoms with Gasteiger partial charge in [0.15, 0.2) is 0 Å². The fourth-order valence-electron chi connectivity index (χ4n) is 1.83. The van der Waals surface area contributed by atoms with Crippen molar-refractivity contribution in [3.05, 3.63) is 24.3 Å². The highest BCUT2D eigenvalue weighted by Gasteiger charge is 2.41. The van der Waals surface area contributed by atoms with Gasteiger partial charge in [0, 0.05) is 13.6 Å². The number of anilines is 1. The molecule has 4 amide bonds. The Hall–Kier alpha value is -2.57. The van der Waals surface area contributed by atoms with Crippen molar-refractivity contribution in [2.45, 2.75) is 6.42 Å². The average Bonchev–Trinajstić information content (AvgIpc) is 2.62. The number of urea groups is 1. The van der Waals surface area contributed by atoms with Crippen molar-refractivity contribution < 1.29 is 19.1 Å². The van der Waals surface area contributed by atoms with Crippen LogP contribution >= 0.6 is 0 Å². The Morgan fingerprint density at radius 2 is 1.85 bits per heavy atom. The lowest BCUT2D eigenvalue weighted by atomic mass is 10.3. The van der Waals surface area contributed by atoms with Gasteiger partial charge in [0.25, 0.3) is 0 Å². The summed E-state index contributed by atoms with van der Waals surface area (Å²) >= 11 is 0. The van der Waals surface area contributed by atoms with E-state index in [1.165, 1.54) is 7.05 Å². The lowest BCUT2D eigenvalue weighted by molar-refractivity contribution is -0.142. The van der Waals surface area contributed by atoms with Crippen LogP contribution in [-0.2, 0) is 9.59 Å². The summed E-state index contributed by atoms with van der Waals surface area (Å²) in [7, 11) is 1.28. The van der Waals surface area contributed by atoms with E-state index in [2.05, 4.69) is 0 Å². The molecule has 1 heterocycles. The number of para-hydroxylation sites is 2. The van der Waals surface area contributed by atoms with Gasteiger partial charge in [0.1, 0.15) is 5.75 Å². The van der Waals surface area contributed by atoms with Crippen molar-refractivity contribution >= 4 is 23.5 Å². The standard InChI is InChI=1S/C13H15N3O4/c1-15-11(17)12(18)16(13(15)19)7-4-8-20-10-6-3-2-5-9(10)14/h2-3,5-6H,4,7-8,14H2,1H3. The molecule has 1 aliphatic heterocycles. The van der Waals surface area contributed by atoms with Gasteiger partial charge in [0.2, 0.25) is 0 Å². The zero-order valence-electron chi connectivity index (χ0n) is 11.0. The summed E-state index contributed by atoms with van der Waals surface area (Å²) in [5.74, 6) is -1.04. The molecular formula is C13H15N3O4. The minimum absolute atomic E-state index is 0.139. The van der Waals surface area contributed by atoms with Crippen LogP contribution in [0, 0.1) is 0 Å². The number of imide groups is 2. The van der Waals surface area contributed by atoms with E-state index in [1.807, 2.05) is 0 Å². The molecule has 0 saturated carbocycles. The number of benzene rings is 1. The number of rotatable bonds is 5. The predicted octanol–water partition coefficient (Wildman–Crippen LogP) is 0.458. The number of nitrogens with two attached hydrogens (primary N) is 1. The SMILES string of the molecule is CN1C(=O)C(=O)N(CCCOc2ccccc2N)C1=O. The number of ether oxygens (including phenoxy) is 1. The number of nitrogen functional groups attached to an aromatic ring is 1. The molecule has 0 aromatic heterocycles. The molecule has 1 aromatic rings. The highest BCUT2D eigenvalue weighted by molar-refractivity contribution is 6.44. The first kappa shape index (κ1) is 13.9. The Balaban J connectivity index is 1.82. The summed E-state index contributed by atoms with van der Waals surface area (Å²) in [6, 6.07) is 6.45. The maximum absolute atomic E-state index is 11.6. The second-order valence-electron chi connectivity index (χ2n) is 4.34. The van der Waals surface area contributed by atoms with Crippen LogP contribution in [0.5, 0.6) is 5.75 Å². The van der Waals surface area contributed by atoms with Crippen LogP contribution in [0.3, 0.4) is 0 Å². The molecule has 7 nitrogen and oxygen atoms in total. The molecule has 2 rings (SSSR count). The van der Waals surface area contributed by atoms with E-state index in [0.717, 1.165) is 9.80 Å². The third kappa shape index (κ3) is 2.56. The number of carbonyl (C=O) groups excluding carboxylic acids is 3. The Morgan fingerprint density at radius 3 is 2.45 bits per heavy atom. The summed E-state index contributed by atoms with van der Waals surface area (Å²) in [6.07, 6.45) is 0.424. The number of nitrogens with zero attached hydrogens (tertiary/aromatic N) is 2. The maximum atomic E-state index is 11.6. The summed E-state index contributed by atoms with van der Waals surface area (Å²) in [5.41, 5.74) is 6.23. The van der Waals surface area contributed by atoms with Crippen LogP contribution in [0.1, 0.15) is 6.42 Å². The minimum atomic E-state index is -0.803. The molecule has 2 N–H and O–H groups in total. The Bertz CT molecular complexity index is 558. The van der Waals surface area contributed by atoms with E-state index in [4.69, 9.17) is 10.5 Å². The molecule has 0 unspecified atom stereocenters. The molecule has 0 bridgehead atoms. The van der Waals surface area contributed by atoms with Gasteiger partial charge < -0.3 is 10.5 Å². The van der Waals surface area contributed by atoms with Gasteiger partial charge in [-0.25, -0.2) is 4.79 Å². The number of hydrogen-bond acceptors (Lipinski definition) is 5. The van der Waals surface area contributed by atoms with Gasteiger partial charge in [-0.2, -0.15) is 0 Å². The van der Waals surface area contributed by atoms with Crippen LogP contribution in [0.2, 0.25) is 0 Å². The maximum Gasteiger partial charge on any atom is 0.333 e. The highest BCUT2D eigenvalue weighted by atomic mass is 16.5. The topological polar surface area (TPSA) is 92.9 Å². The van der Waals surface area contributed by atoms with Gasteiger partial charge in [0.05, 0.1) is 12.3 Å². The van der Waals surface area contributed by atoms with Crippen molar-refractivity contribution in [3.63, 3.8) is 0 Å². The van der Waals surface area contributed by atoms with Gasteiger partial charge >= 0.3 is 17.8 Å². The summed E-state index contributed by atoms with van der Waals surface area (Å²) in [6.45, 7) is 0.434. The zero-order valence-corrected chi connectivity index (χ0v) is 11.0. The van der Waals surface area contributed by atoms with E-state index < -0.39 is 17.8 Å². The molecular weight excluding hydrogens is 262 g/mol. The molecule has 106 valence electrons. The van der Waals surface area contributed by atoms with Crippen LogP contribution in [0.15, 0.2) is 24.3 Å². The molecule has 0 atom stereocenters. The van der Waals surface area contributed by atoms with E-state index in [-0.39, 0.29) is 6.54 Å². The van der Waals surface area contributed by atoms with Crippen LogP contribution in [0.4, 0.5) is 10.5 Å². The molecule has 1 aromatic carbocycles. The number of carbonyl (C=O) groups is 3. The number of hydrogen-bond donors (Lipinski definition) is 1. The third-order valence-electron chi connectivity index (χ3n) is 2.95. The second kappa shape index (κ2) is 5.60. The normalized spacial score (nSPS) is 15.2. The van der Waals surface area contributed by atoms with Crippen LogP contribution in [-0.4, -0.2) is 47.8 Å². The Kier molecular flexibility index (Phi) is 3.88. The highest BCUT2D eigenvalue weighted by Crippen LogP contribution is 2.20. The fourth-order valence-corrected chi connectivity index (χ4v) is 1.83. The molecule has 0 radical (unpaired) electrons. The van der Waals surface area contributed by atoms with E-state index >= 15 is 0 Å². The van der Waals surface area contributed by atoms with Crippen molar-refractivity contribution in [1.29, 1.82) is 0 Å². The zero-order chi connectivity index (χ0) is 14.7. The monoisotopic (exact) mass is 277 g/mol. The predicted molar refractivity (Wildman–Crippen MR) is 70.8 cm³/mol. The van der Waals surface area contributed by atoms with Gasteiger partial charge in [-0.15, -0.1) is 0 Å². The summed E-state index contributed by atoms with van der Waals surface area (Å²) in [5, 5.41) is 0. The van der Waals surface area contributed by atoms with E-state index in [9.17, 15) is 14.4 Å². The minimum Gasteiger partial charge on any atom is -0.491 e. The molecule has 0 spiro atoms. The fraction of sp³-hybridized carbons (Fsp3) is 0.308. The van der Waals surface area contributed by atoms with E-state index in [0.29, 0.717) is 24.5 Å². The van der Waals surface area contributed by atoms with Crippen LogP contribution in [0.25, 0.3) is 0 Å². The molecule has 1 fully saturated rings. The third-order valence-corrected chi connectivity index (χ3v) is 2.95. The number of amides is 4. The summed E-state index contributed by atoms with van der Waals surface area (Å²) < 4.78 is 5.45. The first-order valence-electron chi connectivity index (χ1n) is 6.13. The lowest BCUT2D eigenvalue weighted by Crippen LogP contribution is -2.33. The first-order chi connectivity index (χ1) is 9.52. The Morgan fingerprint density at radius 1 is 1.15 bits per heavy atom. The van der Waals surface area contributed by atoms with Crippen molar-refractivity contribution in [2.75, 3.05) is 25.9 Å². The Labute approximate surface area is 115 Å².